The maximum atomic E-state index is 11.0. The Labute approximate surface area is 78.6 Å². The van der Waals surface area contributed by atoms with Crippen molar-refractivity contribution in [3.05, 3.63) is 12.7 Å². The summed E-state index contributed by atoms with van der Waals surface area (Å²) in [6.07, 6.45) is 3.65. The fraction of sp³-hybridized carbons (Fsp3) is 0.625. The van der Waals surface area contributed by atoms with Crippen molar-refractivity contribution in [2.75, 3.05) is 7.11 Å². The molecule has 0 aromatic rings. The third-order valence-corrected chi connectivity index (χ3v) is 1.95. The average molecular weight is 192 g/mol. The number of esters is 1. The topological polar surface area (TPSA) is 38.3 Å². The SMILES string of the molecule is C=C[C@H]1CC[C@H](C(=O)OC)N1.Cl. The van der Waals surface area contributed by atoms with Crippen LogP contribution in [-0.2, 0) is 9.53 Å². The zero-order chi connectivity index (χ0) is 8.27. The van der Waals surface area contributed by atoms with E-state index in [1.165, 1.54) is 7.11 Å². The van der Waals surface area contributed by atoms with Crippen molar-refractivity contribution in [1.82, 2.24) is 5.32 Å². The molecule has 0 saturated carbocycles. The largest absolute Gasteiger partial charge is 0.468 e. The molecule has 1 fully saturated rings. The smallest absolute Gasteiger partial charge is 0.322 e. The molecule has 0 aromatic carbocycles. The van der Waals surface area contributed by atoms with Gasteiger partial charge in [-0.05, 0) is 12.8 Å². The summed E-state index contributed by atoms with van der Waals surface area (Å²) in [7, 11) is 1.41. The standard InChI is InChI=1S/C8H13NO2.ClH/c1-3-6-4-5-7(9-6)8(10)11-2;/h3,6-7,9H,1,4-5H2,2H3;1H/t6-,7+;/m0./s1. The van der Waals surface area contributed by atoms with Crippen LogP contribution in [0, 0.1) is 0 Å². The van der Waals surface area contributed by atoms with Gasteiger partial charge in [0.2, 0.25) is 0 Å². The number of halogens is 1. The zero-order valence-electron chi connectivity index (χ0n) is 7.08. The minimum Gasteiger partial charge on any atom is -0.468 e. The minimum atomic E-state index is -0.172. The average Bonchev–Trinajstić information content (AvgIpc) is 2.50. The molecule has 0 aliphatic carbocycles. The Morgan fingerprint density at radius 3 is 2.75 bits per heavy atom. The fourth-order valence-electron chi connectivity index (χ4n) is 1.29. The molecule has 1 aliphatic heterocycles. The van der Waals surface area contributed by atoms with Crippen molar-refractivity contribution in [1.29, 1.82) is 0 Å². The van der Waals surface area contributed by atoms with Gasteiger partial charge in [0.1, 0.15) is 6.04 Å². The zero-order valence-corrected chi connectivity index (χ0v) is 7.89. The number of carbonyl (C=O) groups excluding carboxylic acids is 1. The van der Waals surface area contributed by atoms with Crippen LogP contribution in [0.4, 0.5) is 0 Å². The molecule has 1 saturated heterocycles. The number of rotatable bonds is 2. The molecular weight excluding hydrogens is 178 g/mol. The quantitative estimate of drug-likeness (QED) is 0.521. The van der Waals surface area contributed by atoms with Crippen LogP contribution in [0.25, 0.3) is 0 Å². The molecule has 0 radical (unpaired) electrons. The molecular formula is C8H14ClNO2. The van der Waals surface area contributed by atoms with Gasteiger partial charge < -0.3 is 4.74 Å². The van der Waals surface area contributed by atoms with Crippen LogP contribution in [0.3, 0.4) is 0 Å². The maximum Gasteiger partial charge on any atom is 0.322 e. The van der Waals surface area contributed by atoms with Crippen molar-refractivity contribution in [3.8, 4) is 0 Å². The molecule has 4 heteroatoms. The highest BCUT2D eigenvalue weighted by Gasteiger charge is 2.27. The summed E-state index contributed by atoms with van der Waals surface area (Å²) in [5, 5.41) is 3.10. The third-order valence-electron chi connectivity index (χ3n) is 1.95. The number of nitrogens with one attached hydrogen (secondary N) is 1. The van der Waals surface area contributed by atoms with E-state index in [0.717, 1.165) is 12.8 Å². The van der Waals surface area contributed by atoms with Gasteiger partial charge in [0.15, 0.2) is 0 Å². The van der Waals surface area contributed by atoms with E-state index in [1.807, 2.05) is 6.08 Å². The van der Waals surface area contributed by atoms with Crippen LogP contribution in [0.15, 0.2) is 12.7 Å². The summed E-state index contributed by atoms with van der Waals surface area (Å²) in [5.41, 5.74) is 0. The molecule has 70 valence electrons. The Hall–Kier alpha value is -0.540. The minimum absolute atomic E-state index is 0. The fourth-order valence-corrected chi connectivity index (χ4v) is 1.29. The highest BCUT2D eigenvalue weighted by atomic mass is 35.5. The highest BCUT2D eigenvalue weighted by molar-refractivity contribution is 5.85. The molecule has 1 N–H and O–H groups in total. The van der Waals surface area contributed by atoms with Crippen LogP contribution in [-0.4, -0.2) is 25.2 Å². The van der Waals surface area contributed by atoms with E-state index in [1.54, 1.807) is 0 Å². The predicted octanol–water partition coefficient (Wildman–Crippen LogP) is 0.888. The van der Waals surface area contributed by atoms with E-state index >= 15 is 0 Å². The van der Waals surface area contributed by atoms with E-state index < -0.39 is 0 Å². The van der Waals surface area contributed by atoms with Crippen molar-refractivity contribution in [3.63, 3.8) is 0 Å². The first-order valence-corrected chi connectivity index (χ1v) is 3.74. The van der Waals surface area contributed by atoms with Gasteiger partial charge in [-0.2, -0.15) is 0 Å². The van der Waals surface area contributed by atoms with Gasteiger partial charge in [-0.1, -0.05) is 6.08 Å². The first-order valence-electron chi connectivity index (χ1n) is 3.74. The van der Waals surface area contributed by atoms with Gasteiger partial charge in [-0.25, -0.2) is 0 Å². The second-order valence-electron chi connectivity index (χ2n) is 2.66. The summed E-state index contributed by atoms with van der Waals surface area (Å²) in [6, 6.07) is 0.155. The van der Waals surface area contributed by atoms with E-state index in [-0.39, 0.29) is 30.5 Å². The predicted molar refractivity (Wildman–Crippen MR) is 49.4 cm³/mol. The monoisotopic (exact) mass is 191 g/mol. The molecule has 0 bridgehead atoms. The first kappa shape index (κ1) is 11.5. The summed E-state index contributed by atoms with van der Waals surface area (Å²) in [6.45, 7) is 3.65. The van der Waals surface area contributed by atoms with Crippen molar-refractivity contribution >= 4 is 18.4 Å². The van der Waals surface area contributed by atoms with Crippen molar-refractivity contribution in [2.45, 2.75) is 24.9 Å². The number of hydrogen-bond donors (Lipinski definition) is 1. The Morgan fingerprint density at radius 2 is 2.33 bits per heavy atom. The lowest BCUT2D eigenvalue weighted by Crippen LogP contribution is -2.35. The van der Waals surface area contributed by atoms with Gasteiger partial charge in [0, 0.05) is 6.04 Å². The van der Waals surface area contributed by atoms with Gasteiger partial charge in [-0.15, -0.1) is 19.0 Å². The number of ether oxygens (including phenoxy) is 1. The van der Waals surface area contributed by atoms with E-state index in [0.29, 0.717) is 0 Å². The molecule has 2 atom stereocenters. The molecule has 1 rings (SSSR count). The molecule has 0 unspecified atom stereocenters. The van der Waals surface area contributed by atoms with Crippen LogP contribution >= 0.6 is 12.4 Å². The Morgan fingerprint density at radius 1 is 1.67 bits per heavy atom. The number of carbonyl (C=O) groups is 1. The molecule has 0 aromatic heterocycles. The van der Waals surface area contributed by atoms with Crippen molar-refractivity contribution < 1.29 is 9.53 Å². The molecule has 12 heavy (non-hydrogen) atoms. The summed E-state index contributed by atoms with van der Waals surface area (Å²) < 4.78 is 4.59. The van der Waals surface area contributed by atoms with Gasteiger partial charge >= 0.3 is 5.97 Å². The number of hydrogen-bond acceptors (Lipinski definition) is 3. The summed E-state index contributed by atoms with van der Waals surface area (Å²) >= 11 is 0. The van der Waals surface area contributed by atoms with Gasteiger partial charge in [0.25, 0.3) is 0 Å². The normalized spacial score (nSPS) is 27.4. The van der Waals surface area contributed by atoms with Crippen LogP contribution < -0.4 is 5.32 Å². The third kappa shape index (κ3) is 2.50. The molecule has 1 heterocycles. The Bertz CT molecular complexity index is 172. The van der Waals surface area contributed by atoms with E-state index in [9.17, 15) is 4.79 Å². The van der Waals surface area contributed by atoms with Gasteiger partial charge in [0.05, 0.1) is 7.11 Å². The van der Waals surface area contributed by atoms with Crippen LogP contribution in [0.2, 0.25) is 0 Å². The second kappa shape index (κ2) is 5.17. The molecule has 0 amide bonds. The van der Waals surface area contributed by atoms with Gasteiger partial charge in [-0.3, -0.25) is 10.1 Å². The lowest BCUT2D eigenvalue weighted by atomic mass is 10.2. The summed E-state index contributed by atoms with van der Waals surface area (Å²) in [4.78, 5) is 11.0. The van der Waals surface area contributed by atoms with Crippen molar-refractivity contribution in [2.24, 2.45) is 0 Å². The Kier molecular flexibility index (Phi) is 4.93. The Balaban J connectivity index is 0.00000121. The maximum absolute atomic E-state index is 11.0. The second-order valence-corrected chi connectivity index (χ2v) is 2.66. The van der Waals surface area contributed by atoms with Crippen LogP contribution in [0.1, 0.15) is 12.8 Å². The van der Waals surface area contributed by atoms with Crippen LogP contribution in [0.5, 0.6) is 0 Å². The van der Waals surface area contributed by atoms with E-state index in [2.05, 4.69) is 16.6 Å². The number of methoxy groups -OCH3 is 1. The first-order chi connectivity index (χ1) is 5.27. The lowest BCUT2D eigenvalue weighted by Gasteiger charge is -2.08. The van der Waals surface area contributed by atoms with E-state index in [4.69, 9.17) is 0 Å². The summed E-state index contributed by atoms with van der Waals surface area (Å²) in [5.74, 6) is -0.172. The molecule has 0 spiro atoms. The molecule has 3 nitrogen and oxygen atoms in total. The highest BCUT2D eigenvalue weighted by Crippen LogP contribution is 2.13. The lowest BCUT2D eigenvalue weighted by molar-refractivity contribution is -0.142. The molecule has 1 aliphatic rings.